The van der Waals surface area contributed by atoms with Gasteiger partial charge in [0.25, 0.3) is 0 Å². The van der Waals surface area contributed by atoms with Gasteiger partial charge in [0.05, 0.1) is 0 Å². The van der Waals surface area contributed by atoms with E-state index in [1.165, 1.54) is 6.33 Å². The van der Waals surface area contributed by atoms with E-state index in [0.29, 0.717) is 24.4 Å². The van der Waals surface area contributed by atoms with Crippen LogP contribution in [0, 0.1) is 5.92 Å². The number of primary amides is 1. The molecule has 2 N–H and O–H groups in total. The minimum Gasteiger partial charge on any atom is -0.366 e. The number of nitrogens with two attached hydrogens (primary N) is 1. The fraction of sp³-hybridized carbons (Fsp3) is 0.444. The zero-order valence-electron chi connectivity index (χ0n) is 14.2. The number of hydrogen-bond acceptors (Lipinski definition) is 4. The Bertz CT molecular complexity index is 729. The Morgan fingerprint density at radius 1 is 1.32 bits per heavy atom. The zero-order chi connectivity index (χ0) is 17.6. The van der Waals surface area contributed by atoms with Crippen LogP contribution in [0.2, 0.25) is 0 Å². The molecule has 1 atom stereocenters. The Labute approximate surface area is 146 Å². The standard InChI is InChI=1S/C18H23N5O2/c19-18(25)16-4-1-3-14(10-16)9-15-6-8-22(11-15)17(24)5-2-7-23-13-20-12-21-23/h1,3-4,10,12-13,15H,2,5-9,11H2,(H2,19,25)/t15-/m0/s1. The highest BCUT2D eigenvalue weighted by molar-refractivity contribution is 5.92. The summed E-state index contributed by atoms with van der Waals surface area (Å²) >= 11 is 0. The predicted molar refractivity (Wildman–Crippen MR) is 92.6 cm³/mol. The van der Waals surface area contributed by atoms with Crippen molar-refractivity contribution >= 4 is 11.8 Å². The van der Waals surface area contributed by atoms with Crippen molar-refractivity contribution in [2.24, 2.45) is 11.7 Å². The minimum atomic E-state index is -0.405. The first kappa shape index (κ1) is 17.1. The van der Waals surface area contributed by atoms with Crippen LogP contribution in [-0.4, -0.2) is 44.6 Å². The van der Waals surface area contributed by atoms with Crippen molar-refractivity contribution in [1.82, 2.24) is 19.7 Å². The predicted octanol–water partition coefficient (Wildman–Crippen LogP) is 1.25. The second kappa shape index (κ2) is 7.92. The van der Waals surface area contributed by atoms with E-state index >= 15 is 0 Å². The lowest BCUT2D eigenvalue weighted by molar-refractivity contribution is -0.130. The van der Waals surface area contributed by atoms with Gasteiger partial charge in [0.1, 0.15) is 12.7 Å². The number of benzene rings is 1. The third-order valence-corrected chi connectivity index (χ3v) is 4.62. The third kappa shape index (κ3) is 4.65. The molecule has 0 bridgehead atoms. The topological polar surface area (TPSA) is 94.1 Å². The summed E-state index contributed by atoms with van der Waals surface area (Å²) in [5, 5.41) is 4.04. The monoisotopic (exact) mass is 341 g/mol. The van der Waals surface area contributed by atoms with Crippen LogP contribution in [0.3, 0.4) is 0 Å². The average Bonchev–Trinajstić information content (AvgIpc) is 3.27. The van der Waals surface area contributed by atoms with Crippen LogP contribution in [-0.2, 0) is 17.8 Å². The first-order chi connectivity index (χ1) is 12.1. The summed E-state index contributed by atoms with van der Waals surface area (Å²) < 4.78 is 1.74. The number of hydrogen-bond donors (Lipinski definition) is 1. The molecule has 132 valence electrons. The first-order valence-electron chi connectivity index (χ1n) is 8.61. The van der Waals surface area contributed by atoms with Crippen molar-refractivity contribution in [1.29, 1.82) is 0 Å². The second-order valence-corrected chi connectivity index (χ2v) is 6.53. The average molecular weight is 341 g/mol. The van der Waals surface area contributed by atoms with E-state index in [2.05, 4.69) is 10.1 Å². The Kier molecular flexibility index (Phi) is 5.42. The molecule has 0 spiro atoms. The molecule has 3 rings (SSSR count). The summed E-state index contributed by atoms with van der Waals surface area (Å²) in [7, 11) is 0. The SMILES string of the molecule is NC(=O)c1cccc(C[C@@H]2CCN(C(=O)CCCn3cncn3)C2)c1. The first-order valence-corrected chi connectivity index (χ1v) is 8.61. The maximum atomic E-state index is 12.3. The number of carbonyl (C=O) groups is 2. The van der Waals surface area contributed by atoms with Gasteiger partial charge < -0.3 is 10.6 Å². The number of aromatic nitrogens is 3. The molecule has 0 saturated carbocycles. The van der Waals surface area contributed by atoms with Gasteiger partial charge >= 0.3 is 0 Å². The van der Waals surface area contributed by atoms with Crippen LogP contribution in [0.5, 0.6) is 0 Å². The molecule has 1 aromatic carbocycles. The molecule has 0 aliphatic carbocycles. The van der Waals surface area contributed by atoms with E-state index in [1.54, 1.807) is 17.1 Å². The Morgan fingerprint density at radius 3 is 2.96 bits per heavy atom. The molecule has 25 heavy (non-hydrogen) atoms. The van der Waals surface area contributed by atoms with Crippen LogP contribution in [0.25, 0.3) is 0 Å². The van der Waals surface area contributed by atoms with Gasteiger partial charge in [0, 0.05) is 31.6 Å². The summed E-state index contributed by atoms with van der Waals surface area (Å²) in [6, 6.07) is 7.45. The van der Waals surface area contributed by atoms with E-state index in [0.717, 1.165) is 37.9 Å². The summed E-state index contributed by atoms with van der Waals surface area (Å²) in [5.41, 5.74) is 6.97. The number of nitrogens with zero attached hydrogens (tertiary/aromatic N) is 4. The molecular formula is C18H23N5O2. The van der Waals surface area contributed by atoms with Gasteiger partial charge in [-0.05, 0) is 42.9 Å². The van der Waals surface area contributed by atoms with Crippen molar-refractivity contribution < 1.29 is 9.59 Å². The van der Waals surface area contributed by atoms with Crippen LogP contribution in [0.1, 0.15) is 35.2 Å². The van der Waals surface area contributed by atoms with Crippen molar-refractivity contribution in [2.75, 3.05) is 13.1 Å². The van der Waals surface area contributed by atoms with Crippen molar-refractivity contribution in [3.63, 3.8) is 0 Å². The van der Waals surface area contributed by atoms with Gasteiger partial charge in [0.15, 0.2) is 0 Å². The summed E-state index contributed by atoms with van der Waals surface area (Å²) in [6.07, 6.45) is 6.32. The number of carbonyl (C=O) groups excluding carboxylic acids is 2. The lowest BCUT2D eigenvalue weighted by Gasteiger charge is -2.16. The van der Waals surface area contributed by atoms with E-state index in [9.17, 15) is 9.59 Å². The summed E-state index contributed by atoms with van der Waals surface area (Å²) in [5.74, 6) is 0.230. The molecule has 2 amide bonds. The van der Waals surface area contributed by atoms with Crippen LogP contribution >= 0.6 is 0 Å². The Hall–Kier alpha value is -2.70. The van der Waals surface area contributed by atoms with Crippen molar-refractivity contribution in [2.45, 2.75) is 32.2 Å². The van der Waals surface area contributed by atoms with Gasteiger partial charge in [-0.2, -0.15) is 5.10 Å². The largest absolute Gasteiger partial charge is 0.366 e. The Balaban J connectivity index is 1.45. The molecule has 0 radical (unpaired) electrons. The highest BCUT2D eigenvalue weighted by Crippen LogP contribution is 2.22. The zero-order valence-corrected chi connectivity index (χ0v) is 14.2. The molecule has 7 heteroatoms. The molecule has 2 heterocycles. The maximum absolute atomic E-state index is 12.3. The third-order valence-electron chi connectivity index (χ3n) is 4.62. The van der Waals surface area contributed by atoms with Crippen molar-refractivity contribution in [3.8, 4) is 0 Å². The number of amides is 2. The fourth-order valence-corrected chi connectivity index (χ4v) is 3.31. The van der Waals surface area contributed by atoms with Crippen LogP contribution in [0.4, 0.5) is 0 Å². The minimum absolute atomic E-state index is 0.202. The summed E-state index contributed by atoms with van der Waals surface area (Å²) in [4.78, 5) is 29.5. The van der Waals surface area contributed by atoms with Crippen LogP contribution in [0.15, 0.2) is 36.9 Å². The lowest BCUT2D eigenvalue weighted by atomic mass is 9.97. The quantitative estimate of drug-likeness (QED) is 0.820. The van der Waals surface area contributed by atoms with Crippen LogP contribution < -0.4 is 5.73 Å². The van der Waals surface area contributed by atoms with E-state index in [1.807, 2.05) is 23.1 Å². The second-order valence-electron chi connectivity index (χ2n) is 6.53. The molecule has 7 nitrogen and oxygen atoms in total. The highest BCUT2D eigenvalue weighted by Gasteiger charge is 2.26. The smallest absolute Gasteiger partial charge is 0.248 e. The molecule has 0 unspecified atom stereocenters. The number of aryl methyl sites for hydroxylation is 1. The normalized spacial score (nSPS) is 17.0. The highest BCUT2D eigenvalue weighted by atomic mass is 16.2. The molecule has 1 fully saturated rings. The van der Waals surface area contributed by atoms with Crippen molar-refractivity contribution in [3.05, 3.63) is 48.0 Å². The number of likely N-dealkylation sites (tertiary alicyclic amines) is 1. The molecule has 2 aromatic rings. The Morgan fingerprint density at radius 2 is 2.20 bits per heavy atom. The molecule has 1 aliphatic rings. The molecule has 1 saturated heterocycles. The maximum Gasteiger partial charge on any atom is 0.248 e. The van der Waals surface area contributed by atoms with E-state index < -0.39 is 5.91 Å². The van der Waals surface area contributed by atoms with E-state index in [4.69, 9.17) is 5.73 Å². The lowest BCUT2D eigenvalue weighted by Crippen LogP contribution is -2.29. The van der Waals surface area contributed by atoms with Gasteiger partial charge in [-0.3, -0.25) is 14.3 Å². The van der Waals surface area contributed by atoms with Gasteiger partial charge in [-0.1, -0.05) is 12.1 Å². The van der Waals surface area contributed by atoms with Gasteiger partial charge in [0.2, 0.25) is 11.8 Å². The molecule has 1 aliphatic heterocycles. The molecule has 1 aromatic heterocycles. The van der Waals surface area contributed by atoms with Gasteiger partial charge in [-0.15, -0.1) is 0 Å². The fourth-order valence-electron chi connectivity index (χ4n) is 3.31. The molecular weight excluding hydrogens is 318 g/mol. The van der Waals surface area contributed by atoms with Gasteiger partial charge in [-0.25, -0.2) is 4.98 Å². The summed E-state index contributed by atoms with van der Waals surface area (Å²) in [6.45, 7) is 2.30. The number of rotatable bonds is 7. The van der Waals surface area contributed by atoms with E-state index in [-0.39, 0.29) is 5.91 Å².